The Labute approximate surface area is 111 Å². The first-order valence-electron chi connectivity index (χ1n) is 5.61. The highest BCUT2D eigenvalue weighted by Crippen LogP contribution is 2.31. The lowest BCUT2D eigenvalue weighted by atomic mass is 10.2. The van der Waals surface area contributed by atoms with Crippen molar-refractivity contribution in [3.63, 3.8) is 0 Å². The molecule has 0 spiro atoms. The second-order valence-corrected chi connectivity index (χ2v) is 4.17. The molecule has 0 radical (unpaired) electrons. The van der Waals surface area contributed by atoms with Crippen LogP contribution in [0.15, 0.2) is 18.2 Å². The fraction of sp³-hybridized carbons (Fsp3) is 0.333. The second kappa shape index (κ2) is 5.12. The van der Waals surface area contributed by atoms with Crippen molar-refractivity contribution in [2.24, 2.45) is 7.05 Å². The van der Waals surface area contributed by atoms with Gasteiger partial charge in [-0.2, -0.15) is 13.2 Å². The van der Waals surface area contributed by atoms with Crippen molar-refractivity contribution in [3.8, 4) is 0 Å². The number of nitrogens with zero attached hydrogens (tertiary/aromatic N) is 2. The summed E-state index contributed by atoms with van der Waals surface area (Å²) in [5.74, 6) is -0.760. The predicted octanol–water partition coefficient (Wildman–Crippen LogP) is 2.19. The number of benzene rings is 1. The highest BCUT2D eigenvalue weighted by atomic mass is 19.4. The van der Waals surface area contributed by atoms with Crippen LogP contribution in [0.4, 0.5) is 13.2 Å². The van der Waals surface area contributed by atoms with Crippen LogP contribution >= 0.6 is 0 Å². The van der Waals surface area contributed by atoms with Crippen LogP contribution in [0.5, 0.6) is 0 Å². The van der Waals surface area contributed by atoms with Crippen LogP contribution in [-0.4, -0.2) is 27.2 Å². The molecule has 0 amide bonds. The maximum absolute atomic E-state index is 12.6. The molecule has 20 heavy (non-hydrogen) atoms. The van der Waals surface area contributed by atoms with E-state index in [0.29, 0.717) is 11.3 Å². The molecular weight excluding hydrogens is 277 g/mol. The summed E-state index contributed by atoms with van der Waals surface area (Å²) in [4.78, 5) is 14.4. The lowest BCUT2D eigenvalue weighted by Gasteiger charge is -2.05. The summed E-state index contributed by atoms with van der Waals surface area (Å²) >= 11 is 0. The Bertz CT molecular complexity index is 649. The van der Waals surface area contributed by atoms with E-state index in [0.717, 1.165) is 12.1 Å². The van der Waals surface area contributed by atoms with E-state index < -0.39 is 24.3 Å². The zero-order valence-electron chi connectivity index (χ0n) is 10.4. The molecule has 2 aromatic rings. The molecule has 0 saturated carbocycles. The molecule has 0 bridgehead atoms. The van der Waals surface area contributed by atoms with E-state index in [1.54, 1.807) is 11.6 Å². The van der Waals surface area contributed by atoms with Crippen LogP contribution in [0.2, 0.25) is 0 Å². The molecule has 0 atom stereocenters. The predicted molar refractivity (Wildman–Crippen MR) is 63.0 cm³/mol. The SMILES string of the molecule is Cn1c(COCC(=O)O)nc2cc(C(F)(F)F)ccc21. The van der Waals surface area contributed by atoms with Crippen molar-refractivity contribution in [2.45, 2.75) is 12.8 Å². The number of imidazole rings is 1. The van der Waals surface area contributed by atoms with Gasteiger partial charge < -0.3 is 14.4 Å². The van der Waals surface area contributed by atoms with Gasteiger partial charge in [-0.3, -0.25) is 0 Å². The zero-order valence-corrected chi connectivity index (χ0v) is 10.4. The van der Waals surface area contributed by atoms with Crippen LogP contribution in [0.1, 0.15) is 11.4 Å². The normalized spacial score (nSPS) is 12.0. The van der Waals surface area contributed by atoms with E-state index in [1.807, 2.05) is 0 Å². The van der Waals surface area contributed by atoms with E-state index in [4.69, 9.17) is 9.84 Å². The molecule has 108 valence electrons. The molecule has 5 nitrogen and oxygen atoms in total. The van der Waals surface area contributed by atoms with Gasteiger partial charge >= 0.3 is 12.1 Å². The molecule has 1 N–H and O–H groups in total. The Kier molecular flexibility index (Phi) is 3.67. The van der Waals surface area contributed by atoms with E-state index in [1.165, 1.54) is 6.07 Å². The number of carboxylic acid groups (broad SMARTS) is 1. The molecular formula is C12H11F3N2O3. The van der Waals surface area contributed by atoms with E-state index in [9.17, 15) is 18.0 Å². The fourth-order valence-corrected chi connectivity index (χ4v) is 1.78. The zero-order chi connectivity index (χ0) is 14.9. The quantitative estimate of drug-likeness (QED) is 0.936. The standard InChI is InChI=1S/C12H11F3N2O3/c1-17-9-3-2-7(12(13,14)15)4-8(9)16-10(17)5-20-6-11(18)19/h2-4H,5-6H2,1H3,(H,18,19). The lowest BCUT2D eigenvalue weighted by Crippen LogP contribution is -2.09. The number of ether oxygens (including phenoxy) is 1. The van der Waals surface area contributed by atoms with Gasteiger partial charge in [-0.15, -0.1) is 0 Å². The highest BCUT2D eigenvalue weighted by molar-refractivity contribution is 5.77. The number of alkyl halides is 3. The Morgan fingerprint density at radius 1 is 1.45 bits per heavy atom. The first-order chi connectivity index (χ1) is 9.29. The first kappa shape index (κ1) is 14.3. The fourth-order valence-electron chi connectivity index (χ4n) is 1.78. The number of carboxylic acids is 1. The van der Waals surface area contributed by atoms with Crippen molar-refractivity contribution >= 4 is 17.0 Å². The summed E-state index contributed by atoms with van der Waals surface area (Å²) in [5.41, 5.74) is -0.0655. The monoisotopic (exact) mass is 288 g/mol. The van der Waals surface area contributed by atoms with Crippen molar-refractivity contribution < 1.29 is 27.8 Å². The molecule has 0 aliphatic heterocycles. The van der Waals surface area contributed by atoms with Gasteiger partial charge in [0.2, 0.25) is 0 Å². The van der Waals surface area contributed by atoms with Crippen LogP contribution in [0, 0.1) is 0 Å². The summed E-state index contributed by atoms with van der Waals surface area (Å²) in [7, 11) is 1.63. The molecule has 1 heterocycles. The number of fused-ring (bicyclic) bond motifs is 1. The smallest absolute Gasteiger partial charge is 0.416 e. The van der Waals surface area contributed by atoms with Gasteiger partial charge in [0.1, 0.15) is 19.0 Å². The van der Waals surface area contributed by atoms with E-state index in [-0.39, 0.29) is 12.1 Å². The maximum atomic E-state index is 12.6. The topological polar surface area (TPSA) is 64.3 Å². The summed E-state index contributed by atoms with van der Waals surface area (Å²) in [5, 5.41) is 8.45. The summed E-state index contributed by atoms with van der Waals surface area (Å²) in [6.45, 7) is -0.574. The van der Waals surface area contributed by atoms with Crippen LogP contribution in [0.3, 0.4) is 0 Å². The number of halogens is 3. The van der Waals surface area contributed by atoms with Gasteiger partial charge in [0.05, 0.1) is 16.6 Å². The molecule has 1 aromatic carbocycles. The molecule has 0 aliphatic carbocycles. The maximum Gasteiger partial charge on any atom is 0.416 e. The van der Waals surface area contributed by atoms with Crippen molar-refractivity contribution in [1.82, 2.24) is 9.55 Å². The summed E-state index contributed by atoms with van der Waals surface area (Å²) in [6, 6.07) is 3.26. The number of hydrogen-bond acceptors (Lipinski definition) is 3. The molecule has 1 aromatic heterocycles. The van der Waals surface area contributed by atoms with E-state index in [2.05, 4.69) is 4.98 Å². The largest absolute Gasteiger partial charge is 0.480 e. The number of aliphatic carboxylic acids is 1. The van der Waals surface area contributed by atoms with Gasteiger partial charge in [0.15, 0.2) is 0 Å². The minimum Gasteiger partial charge on any atom is -0.480 e. The number of hydrogen-bond donors (Lipinski definition) is 1. The van der Waals surface area contributed by atoms with Crippen LogP contribution < -0.4 is 0 Å². The summed E-state index contributed by atoms with van der Waals surface area (Å²) in [6.07, 6.45) is -4.42. The van der Waals surface area contributed by atoms with Gasteiger partial charge in [0.25, 0.3) is 0 Å². The number of aromatic nitrogens is 2. The summed E-state index contributed by atoms with van der Waals surface area (Å²) < 4.78 is 44.2. The molecule has 8 heteroatoms. The molecule has 0 aliphatic rings. The van der Waals surface area contributed by atoms with Crippen molar-refractivity contribution in [1.29, 1.82) is 0 Å². The Morgan fingerprint density at radius 2 is 2.15 bits per heavy atom. The van der Waals surface area contributed by atoms with Crippen molar-refractivity contribution in [2.75, 3.05) is 6.61 Å². The Balaban J connectivity index is 2.30. The Hall–Kier alpha value is -2.09. The highest BCUT2D eigenvalue weighted by Gasteiger charge is 2.30. The van der Waals surface area contributed by atoms with Crippen LogP contribution in [-0.2, 0) is 29.4 Å². The number of carbonyl (C=O) groups is 1. The van der Waals surface area contributed by atoms with Gasteiger partial charge in [0, 0.05) is 7.05 Å². The first-order valence-corrected chi connectivity index (χ1v) is 5.61. The van der Waals surface area contributed by atoms with Crippen molar-refractivity contribution in [3.05, 3.63) is 29.6 Å². The molecule has 0 unspecified atom stereocenters. The third kappa shape index (κ3) is 2.90. The van der Waals surface area contributed by atoms with Gasteiger partial charge in [-0.05, 0) is 18.2 Å². The molecule has 0 saturated heterocycles. The van der Waals surface area contributed by atoms with Gasteiger partial charge in [-0.1, -0.05) is 0 Å². The third-order valence-electron chi connectivity index (χ3n) is 2.76. The van der Waals surface area contributed by atoms with E-state index >= 15 is 0 Å². The minimum atomic E-state index is -4.42. The Morgan fingerprint density at radius 3 is 2.75 bits per heavy atom. The third-order valence-corrected chi connectivity index (χ3v) is 2.76. The number of aryl methyl sites for hydroxylation is 1. The lowest BCUT2D eigenvalue weighted by molar-refractivity contribution is -0.142. The average Bonchev–Trinajstić information content (AvgIpc) is 2.65. The minimum absolute atomic E-state index is 0.0845. The molecule has 2 rings (SSSR count). The second-order valence-electron chi connectivity index (χ2n) is 4.17. The average molecular weight is 288 g/mol. The van der Waals surface area contributed by atoms with Crippen LogP contribution in [0.25, 0.3) is 11.0 Å². The number of rotatable bonds is 4. The molecule has 0 fully saturated rings. The van der Waals surface area contributed by atoms with Gasteiger partial charge in [-0.25, -0.2) is 9.78 Å².